The molecule has 1 aliphatic carbocycles. The van der Waals surface area contributed by atoms with Crippen LogP contribution < -0.4 is 5.32 Å². The molecular weight excluding hydrogens is 328 g/mol. The van der Waals surface area contributed by atoms with Gasteiger partial charge in [-0.3, -0.25) is 9.59 Å². The number of hydrogen-bond acceptors (Lipinski definition) is 2. The minimum Gasteiger partial charge on any atom is -0.481 e. The lowest BCUT2D eigenvalue weighted by atomic mass is 9.86. The number of carboxylic acids is 1. The minimum absolute atomic E-state index is 0.0552. The number of carbonyl (C=O) groups is 2. The molecule has 0 unspecified atom stereocenters. The summed E-state index contributed by atoms with van der Waals surface area (Å²) in [5, 5.41) is 12.2. The number of amides is 1. The van der Waals surface area contributed by atoms with E-state index in [9.17, 15) is 9.59 Å². The van der Waals surface area contributed by atoms with E-state index in [4.69, 9.17) is 5.11 Å². The average molecular weight is 354 g/mol. The molecule has 2 aromatic rings. The highest BCUT2D eigenvalue weighted by molar-refractivity contribution is 5.96. The first-order valence-electron chi connectivity index (χ1n) is 9.17. The van der Waals surface area contributed by atoms with E-state index in [0.29, 0.717) is 18.4 Å². The molecule has 0 atom stereocenters. The van der Waals surface area contributed by atoms with Gasteiger partial charge < -0.3 is 15.0 Å². The monoisotopic (exact) mass is 354 g/mol. The minimum atomic E-state index is -0.725. The largest absolute Gasteiger partial charge is 0.481 e. The second-order valence-corrected chi connectivity index (χ2v) is 7.27. The van der Waals surface area contributed by atoms with Crippen molar-refractivity contribution in [3.8, 4) is 5.69 Å². The zero-order valence-electron chi connectivity index (χ0n) is 15.6. The Hall–Kier alpha value is -2.56. The van der Waals surface area contributed by atoms with E-state index < -0.39 is 5.97 Å². The first kappa shape index (κ1) is 18.2. The van der Waals surface area contributed by atoms with Crippen LogP contribution in [-0.2, 0) is 4.79 Å². The maximum atomic E-state index is 12.8. The van der Waals surface area contributed by atoms with Gasteiger partial charge in [-0.2, -0.15) is 0 Å². The Bertz CT molecular complexity index is 830. The van der Waals surface area contributed by atoms with Crippen molar-refractivity contribution in [1.29, 1.82) is 0 Å². The molecule has 1 aliphatic rings. The maximum Gasteiger partial charge on any atom is 0.306 e. The molecule has 0 aliphatic heterocycles. The molecule has 5 nitrogen and oxygen atoms in total. The number of benzene rings is 1. The summed E-state index contributed by atoms with van der Waals surface area (Å²) in [6.07, 6.45) is 2.70. The number of aryl methyl sites for hydroxylation is 2. The van der Waals surface area contributed by atoms with Gasteiger partial charge in [0.15, 0.2) is 0 Å². The first-order valence-corrected chi connectivity index (χ1v) is 9.17. The highest BCUT2D eigenvalue weighted by Gasteiger charge is 2.27. The molecule has 1 heterocycles. The molecule has 138 valence electrons. The number of para-hydroxylation sites is 1. The molecule has 3 rings (SSSR count). The normalized spacial score (nSPS) is 20.0. The summed E-state index contributed by atoms with van der Waals surface area (Å²) in [6, 6.07) is 10.1. The van der Waals surface area contributed by atoms with Crippen molar-refractivity contribution < 1.29 is 14.7 Å². The van der Waals surface area contributed by atoms with Crippen molar-refractivity contribution in [2.75, 3.05) is 0 Å². The van der Waals surface area contributed by atoms with Crippen molar-refractivity contribution in [1.82, 2.24) is 9.88 Å². The highest BCUT2D eigenvalue weighted by Crippen LogP contribution is 2.26. The third-order valence-electron chi connectivity index (χ3n) is 5.44. The summed E-state index contributed by atoms with van der Waals surface area (Å²) in [7, 11) is 0. The van der Waals surface area contributed by atoms with Crippen LogP contribution >= 0.6 is 0 Å². The summed E-state index contributed by atoms with van der Waals surface area (Å²) < 4.78 is 2.12. The number of nitrogens with zero attached hydrogens (tertiary/aromatic N) is 1. The van der Waals surface area contributed by atoms with Crippen LogP contribution in [0.1, 0.15) is 53.0 Å². The van der Waals surface area contributed by atoms with E-state index in [1.165, 1.54) is 0 Å². The Morgan fingerprint density at radius 2 is 1.73 bits per heavy atom. The standard InChI is InChI=1S/C21H26N2O3/c1-13-6-4-5-7-19(13)23-14(2)12-18(15(23)3)20(24)22-17-10-8-16(9-11-17)21(25)26/h4-7,12,16-17H,8-11H2,1-3H3,(H,22,24)(H,25,26). The molecule has 1 aromatic carbocycles. The number of carbonyl (C=O) groups excluding carboxylic acids is 1. The van der Waals surface area contributed by atoms with Gasteiger partial charge in [0.2, 0.25) is 0 Å². The number of rotatable bonds is 4. The summed E-state index contributed by atoms with van der Waals surface area (Å²) in [6.45, 7) is 6.04. The van der Waals surface area contributed by atoms with Crippen molar-refractivity contribution in [2.24, 2.45) is 5.92 Å². The molecule has 1 fully saturated rings. The van der Waals surface area contributed by atoms with Crippen LogP contribution in [0.15, 0.2) is 30.3 Å². The molecule has 0 spiro atoms. The Kier molecular flexibility index (Phi) is 5.16. The van der Waals surface area contributed by atoms with Crippen molar-refractivity contribution in [2.45, 2.75) is 52.5 Å². The van der Waals surface area contributed by atoms with Crippen LogP contribution in [0.5, 0.6) is 0 Å². The van der Waals surface area contributed by atoms with Gasteiger partial charge in [0.05, 0.1) is 11.5 Å². The van der Waals surface area contributed by atoms with E-state index in [0.717, 1.165) is 35.5 Å². The number of nitrogens with one attached hydrogen (secondary N) is 1. The lowest BCUT2D eigenvalue weighted by Crippen LogP contribution is -2.38. The third-order valence-corrected chi connectivity index (χ3v) is 5.44. The number of hydrogen-bond donors (Lipinski definition) is 2. The Morgan fingerprint density at radius 3 is 2.35 bits per heavy atom. The van der Waals surface area contributed by atoms with Crippen molar-refractivity contribution in [3.05, 3.63) is 52.8 Å². The molecule has 2 N–H and O–H groups in total. The summed E-state index contributed by atoms with van der Waals surface area (Å²) >= 11 is 0. The Balaban J connectivity index is 1.76. The van der Waals surface area contributed by atoms with Crippen LogP contribution in [0.25, 0.3) is 5.69 Å². The van der Waals surface area contributed by atoms with Gasteiger partial charge in [-0.25, -0.2) is 0 Å². The average Bonchev–Trinajstić information content (AvgIpc) is 2.90. The second-order valence-electron chi connectivity index (χ2n) is 7.27. The van der Waals surface area contributed by atoms with Gasteiger partial charge >= 0.3 is 5.97 Å². The van der Waals surface area contributed by atoms with E-state index in [-0.39, 0.29) is 17.9 Å². The van der Waals surface area contributed by atoms with Crippen LogP contribution in [0.3, 0.4) is 0 Å². The molecule has 0 radical (unpaired) electrons. The predicted molar refractivity (Wildman–Crippen MR) is 101 cm³/mol. The molecular formula is C21H26N2O3. The number of carboxylic acid groups (broad SMARTS) is 1. The first-order chi connectivity index (χ1) is 12.4. The lowest BCUT2D eigenvalue weighted by molar-refractivity contribution is -0.142. The van der Waals surface area contributed by atoms with Crippen LogP contribution in [0.4, 0.5) is 0 Å². The third kappa shape index (κ3) is 3.52. The fraction of sp³-hybridized carbons (Fsp3) is 0.429. The summed E-state index contributed by atoms with van der Waals surface area (Å²) in [5.41, 5.74) is 4.88. The van der Waals surface area contributed by atoms with Gasteiger partial charge in [-0.15, -0.1) is 0 Å². The molecule has 1 amide bonds. The fourth-order valence-electron chi connectivity index (χ4n) is 3.93. The molecule has 0 bridgehead atoms. The number of aliphatic carboxylic acids is 1. The van der Waals surface area contributed by atoms with Crippen LogP contribution in [0, 0.1) is 26.7 Å². The predicted octanol–water partition coefficient (Wildman–Crippen LogP) is 3.78. The van der Waals surface area contributed by atoms with Crippen LogP contribution in [0.2, 0.25) is 0 Å². The van der Waals surface area contributed by atoms with Gasteiger partial charge in [0.1, 0.15) is 0 Å². The summed E-state index contributed by atoms with van der Waals surface area (Å²) in [4.78, 5) is 23.9. The van der Waals surface area contributed by atoms with E-state index >= 15 is 0 Å². The molecule has 5 heteroatoms. The Labute approximate surface area is 154 Å². The van der Waals surface area contributed by atoms with Gasteiger partial charge in [0, 0.05) is 23.1 Å². The van der Waals surface area contributed by atoms with Crippen LogP contribution in [-0.4, -0.2) is 27.6 Å². The number of aromatic nitrogens is 1. The summed E-state index contributed by atoms with van der Waals surface area (Å²) in [5.74, 6) is -1.07. The van der Waals surface area contributed by atoms with E-state index in [1.54, 1.807) is 0 Å². The van der Waals surface area contributed by atoms with Gasteiger partial charge in [0.25, 0.3) is 5.91 Å². The molecule has 26 heavy (non-hydrogen) atoms. The molecule has 1 saturated carbocycles. The molecule has 1 aromatic heterocycles. The fourth-order valence-corrected chi connectivity index (χ4v) is 3.93. The maximum absolute atomic E-state index is 12.8. The van der Waals surface area contributed by atoms with E-state index in [2.05, 4.69) is 28.9 Å². The molecule has 0 saturated heterocycles. The topological polar surface area (TPSA) is 71.3 Å². The lowest BCUT2D eigenvalue weighted by Gasteiger charge is -2.26. The quantitative estimate of drug-likeness (QED) is 0.878. The van der Waals surface area contributed by atoms with E-state index in [1.807, 2.05) is 32.0 Å². The zero-order valence-corrected chi connectivity index (χ0v) is 15.6. The Morgan fingerprint density at radius 1 is 1.08 bits per heavy atom. The van der Waals surface area contributed by atoms with Gasteiger partial charge in [-0.1, -0.05) is 18.2 Å². The van der Waals surface area contributed by atoms with Gasteiger partial charge in [-0.05, 0) is 64.2 Å². The smallest absolute Gasteiger partial charge is 0.306 e. The zero-order chi connectivity index (χ0) is 18.8. The van der Waals surface area contributed by atoms with Crippen molar-refractivity contribution >= 4 is 11.9 Å². The second kappa shape index (κ2) is 7.36. The SMILES string of the molecule is Cc1ccccc1-n1c(C)cc(C(=O)NC2CCC(C(=O)O)CC2)c1C. The highest BCUT2D eigenvalue weighted by atomic mass is 16.4. The van der Waals surface area contributed by atoms with Crippen molar-refractivity contribution in [3.63, 3.8) is 0 Å².